The van der Waals surface area contributed by atoms with Crippen LogP contribution in [0.25, 0.3) is 0 Å². The van der Waals surface area contributed by atoms with Crippen molar-refractivity contribution in [1.82, 2.24) is 0 Å². The van der Waals surface area contributed by atoms with Gasteiger partial charge in [0.15, 0.2) is 5.78 Å². The molecule has 1 aliphatic rings. The standard InChI is InChI=1S/C10H8ClNOS/c1-14-9-5-8(13)6-3-2-4-7(11)10(6)12-9/h2-4H,5H2,1H3. The van der Waals surface area contributed by atoms with Gasteiger partial charge in [-0.1, -0.05) is 17.7 Å². The summed E-state index contributed by atoms with van der Waals surface area (Å²) in [5.74, 6) is 0.0989. The Kier molecular flexibility index (Phi) is 2.61. The van der Waals surface area contributed by atoms with Gasteiger partial charge in [0.1, 0.15) is 0 Å². The molecule has 0 spiro atoms. The van der Waals surface area contributed by atoms with E-state index in [1.165, 1.54) is 11.8 Å². The smallest absolute Gasteiger partial charge is 0.171 e. The molecule has 2 rings (SSSR count). The van der Waals surface area contributed by atoms with E-state index in [2.05, 4.69) is 4.99 Å². The van der Waals surface area contributed by atoms with Gasteiger partial charge >= 0.3 is 0 Å². The van der Waals surface area contributed by atoms with Gasteiger partial charge in [-0.25, -0.2) is 4.99 Å². The topological polar surface area (TPSA) is 29.4 Å². The van der Waals surface area contributed by atoms with E-state index in [1.54, 1.807) is 18.2 Å². The summed E-state index contributed by atoms with van der Waals surface area (Å²) in [7, 11) is 0. The second kappa shape index (κ2) is 3.75. The lowest BCUT2D eigenvalue weighted by molar-refractivity contribution is 0.100. The number of hydrogen-bond acceptors (Lipinski definition) is 3. The monoisotopic (exact) mass is 225 g/mol. The van der Waals surface area contributed by atoms with Crippen molar-refractivity contribution in [2.45, 2.75) is 6.42 Å². The third kappa shape index (κ3) is 1.57. The zero-order chi connectivity index (χ0) is 10.1. The molecule has 0 aromatic heterocycles. The Morgan fingerprint density at radius 1 is 1.50 bits per heavy atom. The summed E-state index contributed by atoms with van der Waals surface area (Å²) in [5, 5.41) is 1.37. The predicted octanol–water partition coefficient (Wildman–Crippen LogP) is 3.32. The number of fused-ring (bicyclic) bond motifs is 1. The molecule has 0 radical (unpaired) electrons. The van der Waals surface area contributed by atoms with Crippen LogP contribution in [0.5, 0.6) is 0 Å². The molecule has 0 saturated heterocycles. The van der Waals surface area contributed by atoms with E-state index < -0.39 is 0 Å². The van der Waals surface area contributed by atoms with Crippen LogP contribution < -0.4 is 0 Å². The molecule has 4 heteroatoms. The Morgan fingerprint density at radius 3 is 3.00 bits per heavy atom. The molecule has 0 N–H and O–H groups in total. The SMILES string of the molecule is CSC1=Nc2c(Cl)cccc2C(=O)C1. The summed E-state index contributed by atoms with van der Waals surface area (Å²) < 4.78 is 0. The number of aliphatic imine (C=N–C) groups is 1. The van der Waals surface area contributed by atoms with E-state index in [4.69, 9.17) is 11.6 Å². The van der Waals surface area contributed by atoms with Gasteiger partial charge in [0.2, 0.25) is 0 Å². The van der Waals surface area contributed by atoms with Gasteiger partial charge in [0.25, 0.3) is 0 Å². The van der Waals surface area contributed by atoms with Crippen molar-refractivity contribution in [1.29, 1.82) is 0 Å². The highest BCUT2D eigenvalue weighted by Crippen LogP contribution is 2.34. The van der Waals surface area contributed by atoms with Gasteiger partial charge in [-0.05, 0) is 18.4 Å². The van der Waals surface area contributed by atoms with Crippen LogP contribution in [0, 0.1) is 0 Å². The van der Waals surface area contributed by atoms with Crippen LogP contribution in [-0.4, -0.2) is 17.1 Å². The summed E-state index contributed by atoms with van der Waals surface area (Å²) in [6, 6.07) is 5.29. The molecule has 0 bridgehead atoms. The highest BCUT2D eigenvalue weighted by Gasteiger charge is 2.20. The van der Waals surface area contributed by atoms with Crippen LogP contribution in [0.4, 0.5) is 5.69 Å². The van der Waals surface area contributed by atoms with Crippen LogP contribution in [0.3, 0.4) is 0 Å². The van der Waals surface area contributed by atoms with Gasteiger partial charge < -0.3 is 0 Å². The summed E-state index contributed by atoms with van der Waals surface area (Å²) >= 11 is 7.45. The number of rotatable bonds is 0. The van der Waals surface area contributed by atoms with Gasteiger partial charge in [0, 0.05) is 5.56 Å². The number of halogens is 1. The maximum Gasteiger partial charge on any atom is 0.171 e. The molecule has 0 unspecified atom stereocenters. The largest absolute Gasteiger partial charge is 0.294 e. The van der Waals surface area contributed by atoms with Crippen LogP contribution in [0.2, 0.25) is 5.02 Å². The number of thioether (sulfide) groups is 1. The number of para-hydroxylation sites is 1. The number of carbonyl (C=O) groups excluding carboxylic acids is 1. The first-order chi connectivity index (χ1) is 6.72. The van der Waals surface area contributed by atoms with Crippen LogP contribution in [0.1, 0.15) is 16.8 Å². The lowest BCUT2D eigenvalue weighted by atomic mass is 10.0. The maximum absolute atomic E-state index is 11.7. The molecular weight excluding hydrogens is 218 g/mol. The van der Waals surface area contributed by atoms with Gasteiger partial charge in [-0.2, -0.15) is 0 Å². The van der Waals surface area contributed by atoms with Crippen molar-refractivity contribution in [3.63, 3.8) is 0 Å². The lowest BCUT2D eigenvalue weighted by Gasteiger charge is -2.13. The van der Waals surface area contributed by atoms with Crippen molar-refractivity contribution in [2.24, 2.45) is 4.99 Å². The molecular formula is C10H8ClNOS. The minimum atomic E-state index is 0.0989. The molecule has 2 nitrogen and oxygen atoms in total. The highest BCUT2D eigenvalue weighted by molar-refractivity contribution is 8.13. The Labute approximate surface area is 91.4 Å². The number of benzene rings is 1. The van der Waals surface area contributed by atoms with Crippen LogP contribution in [0.15, 0.2) is 23.2 Å². The quantitative estimate of drug-likeness (QED) is 0.678. The van der Waals surface area contributed by atoms with E-state index in [0.717, 1.165) is 5.04 Å². The fraction of sp³-hybridized carbons (Fsp3) is 0.200. The number of Topliss-reactive ketones (excluding diaryl/α,β-unsaturated/α-hetero) is 1. The first kappa shape index (κ1) is 9.74. The Balaban J connectivity index is 2.61. The molecule has 1 aliphatic heterocycles. The highest BCUT2D eigenvalue weighted by atomic mass is 35.5. The summed E-state index contributed by atoms with van der Waals surface area (Å²) in [4.78, 5) is 16.0. The summed E-state index contributed by atoms with van der Waals surface area (Å²) in [5.41, 5.74) is 1.25. The molecule has 1 aromatic rings. The Morgan fingerprint density at radius 2 is 2.29 bits per heavy atom. The van der Waals surface area contributed by atoms with Gasteiger partial charge in [-0.15, -0.1) is 11.8 Å². The van der Waals surface area contributed by atoms with Crippen molar-refractivity contribution >= 4 is 39.9 Å². The van der Waals surface area contributed by atoms with Gasteiger partial charge in [-0.3, -0.25) is 4.79 Å². The number of hydrogen-bond donors (Lipinski definition) is 0. The fourth-order valence-electron chi connectivity index (χ4n) is 1.37. The molecule has 0 atom stereocenters. The second-order valence-electron chi connectivity index (χ2n) is 2.95. The lowest BCUT2D eigenvalue weighted by Crippen LogP contribution is -2.10. The third-order valence-electron chi connectivity index (χ3n) is 2.07. The van der Waals surface area contributed by atoms with Crippen molar-refractivity contribution in [2.75, 3.05) is 6.26 Å². The molecule has 1 aromatic carbocycles. The summed E-state index contributed by atoms with van der Waals surface area (Å²) in [6.07, 6.45) is 2.31. The zero-order valence-electron chi connectivity index (χ0n) is 7.58. The van der Waals surface area contributed by atoms with E-state index in [9.17, 15) is 4.79 Å². The first-order valence-electron chi connectivity index (χ1n) is 4.15. The molecule has 1 heterocycles. The average molecular weight is 226 g/mol. The molecule has 0 fully saturated rings. The number of carbonyl (C=O) groups is 1. The van der Waals surface area contributed by atoms with Gasteiger partial charge in [0.05, 0.1) is 22.2 Å². The number of ketones is 1. The zero-order valence-corrected chi connectivity index (χ0v) is 9.15. The predicted molar refractivity (Wildman–Crippen MR) is 61.0 cm³/mol. The molecule has 0 saturated carbocycles. The first-order valence-corrected chi connectivity index (χ1v) is 5.76. The maximum atomic E-state index is 11.7. The minimum absolute atomic E-state index is 0.0989. The number of nitrogens with zero attached hydrogens (tertiary/aromatic N) is 1. The van der Waals surface area contributed by atoms with Crippen molar-refractivity contribution in [3.05, 3.63) is 28.8 Å². The molecule has 0 amide bonds. The van der Waals surface area contributed by atoms with Crippen molar-refractivity contribution < 1.29 is 4.79 Å². The third-order valence-corrected chi connectivity index (χ3v) is 3.08. The average Bonchev–Trinajstić information content (AvgIpc) is 2.19. The Hall–Kier alpha value is -0.800. The van der Waals surface area contributed by atoms with E-state index in [1.807, 2.05) is 6.26 Å². The van der Waals surface area contributed by atoms with Crippen LogP contribution in [-0.2, 0) is 0 Å². The molecule has 0 aliphatic carbocycles. The van der Waals surface area contributed by atoms with E-state index in [0.29, 0.717) is 22.7 Å². The van der Waals surface area contributed by atoms with Crippen LogP contribution >= 0.6 is 23.4 Å². The Bertz CT molecular complexity index is 428. The normalized spacial score (nSPS) is 15.0. The van der Waals surface area contributed by atoms with E-state index >= 15 is 0 Å². The molecule has 14 heavy (non-hydrogen) atoms. The second-order valence-corrected chi connectivity index (χ2v) is 4.23. The minimum Gasteiger partial charge on any atom is -0.294 e. The molecule has 72 valence electrons. The van der Waals surface area contributed by atoms with Crippen molar-refractivity contribution in [3.8, 4) is 0 Å². The van der Waals surface area contributed by atoms with E-state index in [-0.39, 0.29) is 5.78 Å². The fourth-order valence-corrected chi connectivity index (χ4v) is 2.04. The summed E-state index contributed by atoms with van der Waals surface area (Å²) in [6.45, 7) is 0.